The van der Waals surface area contributed by atoms with E-state index in [1.165, 1.54) is 18.5 Å². The minimum atomic E-state index is 0.629. The summed E-state index contributed by atoms with van der Waals surface area (Å²) in [6.45, 7) is 5.39. The van der Waals surface area contributed by atoms with E-state index >= 15 is 0 Å². The van der Waals surface area contributed by atoms with Crippen LogP contribution in [-0.2, 0) is 13.1 Å². The third-order valence-corrected chi connectivity index (χ3v) is 3.99. The van der Waals surface area contributed by atoms with Crippen LogP contribution in [0.15, 0.2) is 42.7 Å². The molecular formula is C16H23N5. The van der Waals surface area contributed by atoms with Crippen molar-refractivity contribution in [1.82, 2.24) is 25.2 Å². The molecule has 0 aliphatic carbocycles. The maximum Gasteiger partial charge on any atom is 0.0692 e. The summed E-state index contributed by atoms with van der Waals surface area (Å²) in [5.41, 5.74) is 1.41. The van der Waals surface area contributed by atoms with Crippen molar-refractivity contribution in [3.8, 4) is 0 Å². The zero-order valence-corrected chi connectivity index (χ0v) is 12.4. The summed E-state index contributed by atoms with van der Waals surface area (Å²) in [7, 11) is 0. The first-order valence-electron chi connectivity index (χ1n) is 7.74. The Labute approximate surface area is 126 Å². The second-order valence-electron chi connectivity index (χ2n) is 5.68. The fourth-order valence-corrected chi connectivity index (χ4v) is 2.88. The van der Waals surface area contributed by atoms with Crippen molar-refractivity contribution >= 4 is 0 Å². The molecule has 1 aromatic carbocycles. The molecule has 0 saturated carbocycles. The Morgan fingerprint density at radius 2 is 2.14 bits per heavy atom. The molecule has 1 unspecified atom stereocenters. The molecular weight excluding hydrogens is 262 g/mol. The van der Waals surface area contributed by atoms with Gasteiger partial charge in [-0.3, -0.25) is 9.58 Å². The number of likely N-dealkylation sites (tertiary alicyclic amines) is 1. The van der Waals surface area contributed by atoms with E-state index in [2.05, 4.69) is 50.9 Å². The van der Waals surface area contributed by atoms with Gasteiger partial charge in [0.2, 0.25) is 0 Å². The predicted molar refractivity (Wildman–Crippen MR) is 82.8 cm³/mol. The third-order valence-electron chi connectivity index (χ3n) is 3.99. The average Bonchev–Trinajstić information content (AvgIpc) is 3.17. The number of nitrogens with one attached hydrogen (secondary N) is 1. The highest BCUT2D eigenvalue weighted by Gasteiger charge is 2.21. The molecule has 3 rings (SSSR count). The normalized spacial score (nSPS) is 19.1. The van der Waals surface area contributed by atoms with Gasteiger partial charge in [0, 0.05) is 38.4 Å². The first kappa shape index (κ1) is 14.2. The highest BCUT2D eigenvalue weighted by atomic mass is 15.4. The van der Waals surface area contributed by atoms with Gasteiger partial charge in [-0.15, -0.1) is 5.10 Å². The lowest BCUT2D eigenvalue weighted by Crippen LogP contribution is -2.33. The smallest absolute Gasteiger partial charge is 0.0692 e. The Hall–Kier alpha value is -1.72. The lowest BCUT2D eigenvalue weighted by atomic mass is 10.2. The highest BCUT2D eigenvalue weighted by Crippen LogP contribution is 2.13. The van der Waals surface area contributed by atoms with E-state index in [4.69, 9.17) is 0 Å². The lowest BCUT2D eigenvalue weighted by Gasteiger charge is -2.16. The fourth-order valence-electron chi connectivity index (χ4n) is 2.88. The van der Waals surface area contributed by atoms with E-state index < -0.39 is 0 Å². The summed E-state index contributed by atoms with van der Waals surface area (Å²) in [6.07, 6.45) is 5.98. The molecule has 1 saturated heterocycles. The van der Waals surface area contributed by atoms with E-state index in [0.29, 0.717) is 6.04 Å². The molecule has 5 nitrogen and oxygen atoms in total. The topological polar surface area (TPSA) is 46.0 Å². The van der Waals surface area contributed by atoms with Crippen molar-refractivity contribution in [2.45, 2.75) is 32.0 Å². The van der Waals surface area contributed by atoms with Crippen molar-refractivity contribution in [3.05, 3.63) is 48.3 Å². The van der Waals surface area contributed by atoms with Crippen molar-refractivity contribution in [2.75, 3.05) is 19.6 Å². The molecule has 2 heterocycles. The van der Waals surface area contributed by atoms with Gasteiger partial charge < -0.3 is 5.32 Å². The zero-order chi connectivity index (χ0) is 14.3. The molecule has 1 aromatic heterocycles. The van der Waals surface area contributed by atoms with Gasteiger partial charge in [0.25, 0.3) is 0 Å². The van der Waals surface area contributed by atoms with Crippen molar-refractivity contribution in [2.24, 2.45) is 0 Å². The summed E-state index contributed by atoms with van der Waals surface area (Å²) < 4.78 is 1.89. The van der Waals surface area contributed by atoms with Crippen LogP contribution in [0.25, 0.3) is 0 Å². The molecule has 0 spiro atoms. The molecule has 2 aromatic rings. The van der Waals surface area contributed by atoms with E-state index in [9.17, 15) is 0 Å². The van der Waals surface area contributed by atoms with E-state index in [1.807, 2.05) is 10.9 Å². The van der Waals surface area contributed by atoms with Gasteiger partial charge in [0.05, 0.1) is 6.20 Å². The Morgan fingerprint density at radius 3 is 2.95 bits per heavy atom. The second kappa shape index (κ2) is 7.33. The van der Waals surface area contributed by atoms with E-state index in [1.54, 1.807) is 6.20 Å². The van der Waals surface area contributed by atoms with Crippen LogP contribution in [0.4, 0.5) is 0 Å². The van der Waals surface area contributed by atoms with Crippen molar-refractivity contribution in [1.29, 1.82) is 0 Å². The molecule has 0 radical (unpaired) electrons. The molecule has 1 aliphatic rings. The van der Waals surface area contributed by atoms with Gasteiger partial charge in [-0.1, -0.05) is 35.5 Å². The summed E-state index contributed by atoms with van der Waals surface area (Å²) in [6, 6.07) is 11.4. The predicted octanol–water partition coefficient (Wildman–Crippen LogP) is 1.53. The number of rotatable bonds is 7. The van der Waals surface area contributed by atoms with Crippen LogP contribution in [0.5, 0.6) is 0 Å². The van der Waals surface area contributed by atoms with Crippen molar-refractivity contribution < 1.29 is 0 Å². The Bertz CT molecular complexity index is 511. The van der Waals surface area contributed by atoms with Gasteiger partial charge >= 0.3 is 0 Å². The van der Waals surface area contributed by atoms with Gasteiger partial charge in [0.15, 0.2) is 0 Å². The van der Waals surface area contributed by atoms with Crippen LogP contribution in [0, 0.1) is 0 Å². The molecule has 1 atom stereocenters. The zero-order valence-electron chi connectivity index (χ0n) is 12.4. The highest BCUT2D eigenvalue weighted by molar-refractivity contribution is 5.14. The number of aryl methyl sites for hydroxylation is 1. The average molecular weight is 285 g/mol. The summed E-state index contributed by atoms with van der Waals surface area (Å²) in [5, 5.41) is 11.4. The molecule has 0 bridgehead atoms. The van der Waals surface area contributed by atoms with Crippen molar-refractivity contribution in [3.63, 3.8) is 0 Å². The number of aromatic nitrogens is 3. The van der Waals surface area contributed by atoms with Crippen LogP contribution in [0.3, 0.4) is 0 Å². The van der Waals surface area contributed by atoms with Crippen LogP contribution in [0.1, 0.15) is 18.4 Å². The molecule has 0 amide bonds. The van der Waals surface area contributed by atoms with Gasteiger partial charge in [-0.05, 0) is 24.9 Å². The van der Waals surface area contributed by atoms with Gasteiger partial charge in [-0.25, -0.2) is 0 Å². The third kappa shape index (κ3) is 4.37. The number of hydrogen-bond donors (Lipinski definition) is 1. The largest absolute Gasteiger partial charge is 0.313 e. The van der Waals surface area contributed by atoms with Crippen LogP contribution in [-0.4, -0.2) is 45.6 Å². The van der Waals surface area contributed by atoms with Crippen LogP contribution >= 0.6 is 0 Å². The summed E-state index contributed by atoms with van der Waals surface area (Å²) in [5.74, 6) is 0. The monoisotopic (exact) mass is 285 g/mol. The lowest BCUT2D eigenvalue weighted by molar-refractivity contribution is 0.319. The standard InChI is InChI=1S/C16H23N5/c1-2-5-15(6-3-1)13-20-11-7-16(14-20)17-8-4-10-21-12-9-18-19-21/h1-3,5-6,9,12,16-17H,4,7-8,10-11,13-14H2. The molecule has 112 valence electrons. The first-order valence-corrected chi connectivity index (χ1v) is 7.74. The SMILES string of the molecule is c1ccc(CN2CCC(NCCCn3ccnn3)C2)cc1. The first-order chi connectivity index (χ1) is 10.4. The fraction of sp³-hybridized carbons (Fsp3) is 0.500. The molecule has 1 N–H and O–H groups in total. The molecule has 1 fully saturated rings. The second-order valence-corrected chi connectivity index (χ2v) is 5.68. The van der Waals surface area contributed by atoms with E-state index in [0.717, 1.165) is 32.6 Å². The summed E-state index contributed by atoms with van der Waals surface area (Å²) >= 11 is 0. The Morgan fingerprint density at radius 1 is 1.24 bits per heavy atom. The van der Waals surface area contributed by atoms with Gasteiger partial charge in [-0.2, -0.15) is 0 Å². The van der Waals surface area contributed by atoms with Crippen LogP contribution < -0.4 is 5.32 Å². The minimum Gasteiger partial charge on any atom is -0.313 e. The minimum absolute atomic E-state index is 0.629. The van der Waals surface area contributed by atoms with Gasteiger partial charge in [0.1, 0.15) is 0 Å². The maximum atomic E-state index is 3.98. The van der Waals surface area contributed by atoms with E-state index in [-0.39, 0.29) is 0 Å². The Balaban J connectivity index is 1.33. The maximum absolute atomic E-state index is 3.98. The Kier molecular flexibility index (Phi) is 4.97. The quantitative estimate of drug-likeness (QED) is 0.784. The number of nitrogens with zero attached hydrogens (tertiary/aromatic N) is 4. The number of benzene rings is 1. The molecule has 5 heteroatoms. The molecule has 1 aliphatic heterocycles. The number of hydrogen-bond acceptors (Lipinski definition) is 4. The van der Waals surface area contributed by atoms with Crippen LogP contribution in [0.2, 0.25) is 0 Å². The summed E-state index contributed by atoms with van der Waals surface area (Å²) in [4.78, 5) is 2.53. The molecule has 21 heavy (non-hydrogen) atoms.